The van der Waals surface area contributed by atoms with Crippen LogP contribution < -0.4 is 10.6 Å². The molecule has 3 aromatic rings. The quantitative estimate of drug-likeness (QED) is 0.289. The maximum absolute atomic E-state index is 13.7. The van der Waals surface area contributed by atoms with Crippen molar-refractivity contribution in [3.63, 3.8) is 0 Å². The van der Waals surface area contributed by atoms with E-state index in [1.54, 1.807) is 6.92 Å². The van der Waals surface area contributed by atoms with Crippen LogP contribution in [0.2, 0.25) is 0 Å². The van der Waals surface area contributed by atoms with Crippen LogP contribution in [0.3, 0.4) is 0 Å². The Labute approximate surface area is 234 Å². The van der Waals surface area contributed by atoms with E-state index in [2.05, 4.69) is 20.4 Å². The van der Waals surface area contributed by atoms with Crippen LogP contribution in [0.4, 0.5) is 45.5 Å². The first-order chi connectivity index (χ1) is 19.3. The van der Waals surface area contributed by atoms with Gasteiger partial charge in [-0.3, -0.25) is 4.98 Å². The molecule has 0 radical (unpaired) electrons. The Morgan fingerprint density at radius 1 is 0.857 bits per heavy atom. The van der Waals surface area contributed by atoms with Crippen LogP contribution in [0.1, 0.15) is 72.5 Å². The first-order valence-corrected chi connectivity index (χ1v) is 13.0. The summed E-state index contributed by atoms with van der Waals surface area (Å²) >= 11 is 0. The molecular formula is C26H28F9N7. The molecule has 1 atom stereocenters. The smallest absolute Gasteiger partial charge is 0.329 e. The van der Waals surface area contributed by atoms with E-state index in [9.17, 15) is 39.5 Å². The molecule has 230 valence electrons. The van der Waals surface area contributed by atoms with Gasteiger partial charge in [0, 0.05) is 19.3 Å². The molecule has 1 aromatic carbocycles. The van der Waals surface area contributed by atoms with Crippen molar-refractivity contribution in [2.24, 2.45) is 18.7 Å². The number of halogens is 9. The van der Waals surface area contributed by atoms with Gasteiger partial charge in [0.25, 0.3) is 5.95 Å². The van der Waals surface area contributed by atoms with E-state index in [0.29, 0.717) is 24.8 Å². The zero-order valence-corrected chi connectivity index (χ0v) is 22.6. The van der Waals surface area contributed by atoms with Crippen LogP contribution in [0, 0.1) is 5.92 Å². The number of anilines is 1. The Balaban J connectivity index is 1.80. The monoisotopic (exact) mass is 609 g/mol. The van der Waals surface area contributed by atoms with Crippen molar-refractivity contribution in [2.75, 3.05) is 4.90 Å². The van der Waals surface area contributed by atoms with Crippen molar-refractivity contribution < 1.29 is 39.5 Å². The summed E-state index contributed by atoms with van der Waals surface area (Å²) in [6, 6.07) is 1.90. The van der Waals surface area contributed by atoms with Crippen LogP contribution in [-0.2, 0) is 44.2 Å². The number of tetrazole rings is 1. The molecule has 1 aliphatic rings. The van der Waals surface area contributed by atoms with Crippen LogP contribution in [-0.4, -0.2) is 25.2 Å². The summed E-state index contributed by atoms with van der Waals surface area (Å²) in [7, 11) is 1.37. The van der Waals surface area contributed by atoms with E-state index in [-0.39, 0.29) is 29.2 Å². The molecule has 0 spiro atoms. The maximum Gasteiger partial charge on any atom is 0.417 e. The lowest BCUT2D eigenvalue weighted by Crippen LogP contribution is -2.38. The third-order valence-electron chi connectivity index (χ3n) is 7.19. The van der Waals surface area contributed by atoms with Crippen LogP contribution in [0.5, 0.6) is 0 Å². The number of rotatable bonds is 8. The van der Waals surface area contributed by atoms with Crippen LogP contribution in [0.25, 0.3) is 0 Å². The molecule has 0 saturated heterocycles. The molecular weight excluding hydrogens is 581 g/mol. The summed E-state index contributed by atoms with van der Waals surface area (Å²) in [4.78, 5) is 6.21. The van der Waals surface area contributed by atoms with Gasteiger partial charge in [0.05, 0.1) is 35.0 Å². The zero-order valence-electron chi connectivity index (χ0n) is 22.6. The van der Waals surface area contributed by atoms with Crippen molar-refractivity contribution in [2.45, 2.75) is 76.2 Å². The van der Waals surface area contributed by atoms with Gasteiger partial charge in [0.15, 0.2) is 0 Å². The molecule has 42 heavy (non-hydrogen) atoms. The Kier molecular flexibility index (Phi) is 8.50. The van der Waals surface area contributed by atoms with E-state index < -0.39 is 59.4 Å². The normalized spacial score (nSPS) is 16.6. The average molecular weight is 610 g/mol. The number of nitrogens with two attached hydrogens (primary N) is 1. The van der Waals surface area contributed by atoms with Gasteiger partial charge in [-0.25, -0.2) is 0 Å². The Hall–Kier alpha value is -3.43. The molecule has 1 aliphatic carbocycles. The van der Waals surface area contributed by atoms with Crippen LogP contribution >= 0.6 is 0 Å². The van der Waals surface area contributed by atoms with Gasteiger partial charge in [0.2, 0.25) is 0 Å². The zero-order chi connectivity index (χ0) is 31.1. The van der Waals surface area contributed by atoms with E-state index in [1.807, 2.05) is 0 Å². The summed E-state index contributed by atoms with van der Waals surface area (Å²) < 4.78 is 122. The molecule has 2 heterocycles. The fraction of sp³-hybridized carbons (Fsp3) is 0.538. The number of nitrogens with zero attached hydrogens (tertiary/aromatic N) is 6. The van der Waals surface area contributed by atoms with Crippen molar-refractivity contribution in [1.82, 2.24) is 25.2 Å². The number of alkyl halides is 9. The molecule has 1 unspecified atom stereocenters. The summed E-state index contributed by atoms with van der Waals surface area (Å²) in [5.74, 6) is -0.0121. The summed E-state index contributed by atoms with van der Waals surface area (Å²) in [5.41, 5.74) is 0.948. The summed E-state index contributed by atoms with van der Waals surface area (Å²) in [5, 5.41) is 11.5. The number of aromatic nitrogens is 5. The molecule has 0 aliphatic heterocycles. The van der Waals surface area contributed by atoms with Crippen molar-refractivity contribution >= 4 is 5.95 Å². The molecule has 4 rings (SSSR count). The fourth-order valence-corrected chi connectivity index (χ4v) is 5.35. The lowest BCUT2D eigenvalue weighted by atomic mass is 9.83. The van der Waals surface area contributed by atoms with E-state index in [4.69, 9.17) is 5.73 Å². The topological polar surface area (TPSA) is 85.8 Å². The van der Waals surface area contributed by atoms with Gasteiger partial charge in [-0.15, -0.1) is 5.10 Å². The maximum atomic E-state index is 13.7. The minimum absolute atomic E-state index is 0.00781. The highest BCUT2D eigenvalue weighted by molar-refractivity contribution is 5.40. The molecule has 2 N–H and O–H groups in total. The van der Waals surface area contributed by atoms with Crippen molar-refractivity contribution in [3.05, 3.63) is 64.0 Å². The number of benzene rings is 1. The fourth-order valence-electron chi connectivity index (χ4n) is 5.35. The molecule has 0 amide bonds. The van der Waals surface area contributed by atoms with Gasteiger partial charge < -0.3 is 10.6 Å². The highest BCUT2D eigenvalue weighted by Crippen LogP contribution is 2.39. The number of hydrogen-bond donors (Lipinski definition) is 1. The highest BCUT2D eigenvalue weighted by atomic mass is 19.4. The number of aryl methyl sites for hydroxylation is 1. The largest absolute Gasteiger partial charge is 0.417 e. The Morgan fingerprint density at radius 2 is 1.43 bits per heavy atom. The van der Waals surface area contributed by atoms with E-state index >= 15 is 0 Å². The molecule has 1 saturated carbocycles. The third-order valence-corrected chi connectivity index (χ3v) is 7.19. The van der Waals surface area contributed by atoms with Gasteiger partial charge in [-0.2, -0.15) is 44.3 Å². The predicted octanol–water partition coefficient (Wildman–Crippen LogP) is 6.62. The predicted molar refractivity (Wildman–Crippen MR) is 132 cm³/mol. The van der Waals surface area contributed by atoms with E-state index in [1.165, 1.54) is 7.05 Å². The summed E-state index contributed by atoms with van der Waals surface area (Å²) in [6.07, 6.45) is -10.1. The minimum Gasteiger partial charge on any atom is -0.329 e. The van der Waals surface area contributed by atoms with Gasteiger partial charge >= 0.3 is 18.5 Å². The van der Waals surface area contributed by atoms with E-state index in [0.717, 1.165) is 41.4 Å². The summed E-state index contributed by atoms with van der Waals surface area (Å²) in [6.45, 7) is 0.545. The second kappa shape index (κ2) is 11.3. The third kappa shape index (κ3) is 7.50. The van der Waals surface area contributed by atoms with Crippen molar-refractivity contribution in [3.8, 4) is 0 Å². The Morgan fingerprint density at radius 3 is 1.93 bits per heavy atom. The number of pyridine rings is 1. The SMILES string of the molecule is Cn1nnc(N(Cc2cc(C(F)(F)F)cc(C(F)(F)F)c2)Cc2cc(C(F)(F)F)cnc2C(C)(N)CC2CCCC2)n1. The molecule has 0 bridgehead atoms. The average Bonchev–Trinajstić information content (AvgIpc) is 3.53. The molecule has 7 nitrogen and oxygen atoms in total. The molecule has 16 heteroatoms. The first-order valence-electron chi connectivity index (χ1n) is 13.0. The highest BCUT2D eigenvalue weighted by Gasteiger charge is 2.38. The second-order valence-electron chi connectivity index (χ2n) is 10.9. The van der Waals surface area contributed by atoms with Gasteiger partial charge in [-0.1, -0.05) is 30.8 Å². The first kappa shape index (κ1) is 31.5. The molecule has 2 aromatic heterocycles. The minimum atomic E-state index is -5.09. The lowest BCUT2D eigenvalue weighted by Gasteiger charge is -2.31. The van der Waals surface area contributed by atoms with Gasteiger partial charge in [0.1, 0.15) is 0 Å². The molecule has 1 fully saturated rings. The number of hydrogen-bond acceptors (Lipinski definition) is 6. The standard InChI is InChI=1S/C26H28F9N7/c1-23(36,11-15-5-3-4-6-15)21-17(9-20(12-37-21)26(33,34)35)14-42(22-38-40-41(2)39-22)13-16-7-18(24(27,28)29)10-19(8-16)25(30,31)32/h7-10,12,15H,3-6,11,13-14,36H2,1-2H3. The van der Waals surface area contributed by atoms with Crippen LogP contribution in [0.15, 0.2) is 30.5 Å². The Bertz CT molecular complexity index is 1360. The lowest BCUT2D eigenvalue weighted by molar-refractivity contribution is -0.143. The van der Waals surface area contributed by atoms with Gasteiger partial charge in [-0.05, 0) is 59.9 Å². The van der Waals surface area contributed by atoms with Crippen molar-refractivity contribution in [1.29, 1.82) is 0 Å². The second-order valence-corrected chi connectivity index (χ2v) is 10.9.